The molecule has 4 aliphatic carbocycles. The molecule has 0 radical (unpaired) electrons. The molecule has 0 heterocycles. The van der Waals surface area contributed by atoms with Crippen LogP contribution in [0.3, 0.4) is 0 Å². The van der Waals surface area contributed by atoms with E-state index in [4.69, 9.17) is 9.47 Å². The van der Waals surface area contributed by atoms with Crippen LogP contribution in [0.4, 0.5) is 0 Å². The lowest BCUT2D eigenvalue weighted by atomic mass is 9.47. The summed E-state index contributed by atoms with van der Waals surface area (Å²) < 4.78 is 11.9. The van der Waals surface area contributed by atoms with Gasteiger partial charge in [0, 0.05) is 6.42 Å². The molecule has 5 heteroatoms. The van der Waals surface area contributed by atoms with Crippen molar-refractivity contribution in [2.75, 3.05) is 0 Å². The number of carbonyl (C=O) groups excluding carboxylic acids is 2. The van der Waals surface area contributed by atoms with Crippen molar-refractivity contribution in [1.82, 2.24) is 0 Å². The molecule has 5 nitrogen and oxygen atoms in total. The fraction of sp³-hybridized carbons (Fsp3) is 0.610. The Morgan fingerprint density at radius 3 is 2.17 bits per heavy atom. The third kappa shape index (κ3) is 6.33. The van der Waals surface area contributed by atoms with E-state index in [1.54, 1.807) is 26.0 Å². The maximum atomic E-state index is 12.9. The second-order valence-electron chi connectivity index (χ2n) is 16.1. The van der Waals surface area contributed by atoms with Gasteiger partial charge >= 0.3 is 11.9 Å². The van der Waals surface area contributed by atoms with Gasteiger partial charge in [0.25, 0.3) is 0 Å². The van der Waals surface area contributed by atoms with Gasteiger partial charge in [0.1, 0.15) is 12.2 Å². The summed E-state index contributed by atoms with van der Waals surface area (Å²) in [5.74, 6) is 2.69. The number of hydrogen-bond acceptors (Lipinski definition) is 5. The van der Waals surface area contributed by atoms with E-state index in [-0.39, 0.29) is 23.5 Å². The number of esters is 2. The lowest BCUT2D eigenvalue weighted by Gasteiger charge is -2.58. The summed E-state index contributed by atoms with van der Waals surface area (Å²) >= 11 is 0. The Labute approximate surface area is 276 Å². The number of allylic oxidation sites excluding steroid dienone is 1. The molecule has 2 aromatic carbocycles. The Balaban J connectivity index is 1.09. The standard InChI is InChI=1S/C41H54O5/c1-27(16-21-36(39(2,3)44)46-38(43)29-14-10-7-11-15-29)33-19-20-34-32-18-17-30-26-31(45-37(42)28-12-8-6-9-13-28)22-24-40(30,4)35(32)23-25-41(33,34)5/h6-15,17,27,31-36,44H,16,18-26H2,1-5H3/t27-,31?,32+,33-,34+,35+,36+,40+,41-/m1/s1. The Bertz CT molecular complexity index is 1410. The van der Waals surface area contributed by atoms with Gasteiger partial charge in [-0.1, -0.05) is 68.8 Å². The van der Waals surface area contributed by atoms with Crippen LogP contribution >= 0.6 is 0 Å². The average Bonchev–Trinajstić information content (AvgIpc) is 3.40. The molecule has 248 valence electrons. The summed E-state index contributed by atoms with van der Waals surface area (Å²) in [6.07, 6.45) is 12.7. The molecule has 1 unspecified atom stereocenters. The normalized spacial score (nSPS) is 33.4. The van der Waals surface area contributed by atoms with Crippen LogP contribution in [-0.2, 0) is 9.47 Å². The molecule has 2 aromatic rings. The highest BCUT2D eigenvalue weighted by atomic mass is 16.6. The summed E-state index contributed by atoms with van der Waals surface area (Å²) in [7, 11) is 0. The van der Waals surface area contributed by atoms with E-state index in [0.29, 0.717) is 46.6 Å². The van der Waals surface area contributed by atoms with E-state index in [9.17, 15) is 14.7 Å². The first-order valence-corrected chi connectivity index (χ1v) is 17.8. The zero-order chi connectivity index (χ0) is 32.7. The Hall–Kier alpha value is -2.92. The van der Waals surface area contributed by atoms with Crippen LogP contribution in [0, 0.1) is 40.4 Å². The highest BCUT2D eigenvalue weighted by Crippen LogP contribution is 2.67. The monoisotopic (exact) mass is 626 g/mol. The minimum atomic E-state index is -1.11. The summed E-state index contributed by atoms with van der Waals surface area (Å²) in [5, 5.41) is 10.9. The first-order chi connectivity index (χ1) is 21.9. The fourth-order valence-electron chi connectivity index (χ4n) is 10.4. The van der Waals surface area contributed by atoms with Gasteiger partial charge in [0.15, 0.2) is 0 Å². The largest absolute Gasteiger partial charge is 0.458 e. The van der Waals surface area contributed by atoms with E-state index >= 15 is 0 Å². The smallest absolute Gasteiger partial charge is 0.338 e. The van der Waals surface area contributed by atoms with E-state index in [1.807, 2.05) is 48.5 Å². The molecule has 0 amide bonds. The average molecular weight is 627 g/mol. The summed E-state index contributed by atoms with van der Waals surface area (Å²) in [6, 6.07) is 18.4. The minimum absolute atomic E-state index is 0.0335. The molecule has 3 saturated carbocycles. The molecule has 0 bridgehead atoms. The van der Waals surface area contributed by atoms with Crippen LogP contribution in [0.1, 0.15) is 120 Å². The van der Waals surface area contributed by atoms with E-state index in [0.717, 1.165) is 38.0 Å². The highest BCUT2D eigenvalue weighted by Gasteiger charge is 2.59. The molecular weight excluding hydrogens is 572 g/mol. The van der Waals surface area contributed by atoms with Crippen molar-refractivity contribution in [3.05, 3.63) is 83.4 Å². The van der Waals surface area contributed by atoms with Crippen LogP contribution in [-0.4, -0.2) is 34.9 Å². The Kier molecular flexibility index (Phi) is 9.28. The highest BCUT2D eigenvalue weighted by molar-refractivity contribution is 5.89. The van der Waals surface area contributed by atoms with E-state index < -0.39 is 11.7 Å². The predicted octanol–water partition coefficient (Wildman–Crippen LogP) is 9.20. The number of hydrogen-bond donors (Lipinski definition) is 1. The van der Waals surface area contributed by atoms with Crippen LogP contribution in [0.5, 0.6) is 0 Å². The quantitative estimate of drug-likeness (QED) is 0.222. The zero-order valence-corrected chi connectivity index (χ0v) is 28.5. The maximum absolute atomic E-state index is 12.9. The predicted molar refractivity (Wildman–Crippen MR) is 181 cm³/mol. The van der Waals surface area contributed by atoms with Gasteiger partial charge in [0.05, 0.1) is 16.7 Å². The van der Waals surface area contributed by atoms with Crippen molar-refractivity contribution in [3.8, 4) is 0 Å². The third-order valence-electron chi connectivity index (χ3n) is 13.0. The number of benzene rings is 2. The number of aliphatic hydroxyl groups is 1. The summed E-state index contributed by atoms with van der Waals surface area (Å²) in [4.78, 5) is 25.7. The number of rotatable bonds is 9. The Morgan fingerprint density at radius 1 is 0.870 bits per heavy atom. The molecular formula is C41H54O5. The lowest BCUT2D eigenvalue weighted by molar-refractivity contribution is -0.0746. The molecule has 9 atom stereocenters. The molecule has 6 rings (SSSR count). The van der Waals surface area contributed by atoms with Gasteiger partial charge in [-0.2, -0.15) is 0 Å². The number of fused-ring (bicyclic) bond motifs is 5. The van der Waals surface area contributed by atoms with Gasteiger partial charge in [-0.15, -0.1) is 0 Å². The molecule has 3 fully saturated rings. The fourth-order valence-corrected chi connectivity index (χ4v) is 10.4. The van der Waals surface area contributed by atoms with Crippen LogP contribution < -0.4 is 0 Å². The first-order valence-electron chi connectivity index (χ1n) is 17.8. The van der Waals surface area contributed by atoms with E-state index in [1.165, 1.54) is 31.3 Å². The third-order valence-corrected chi connectivity index (χ3v) is 13.0. The maximum Gasteiger partial charge on any atom is 0.338 e. The van der Waals surface area contributed by atoms with Gasteiger partial charge < -0.3 is 14.6 Å². The SMILES string of the molecule is C[C@H](CC[C@H](OC(=O)c1ccccc1)C(C)(C)O)[C@H]1CC[C@H]2[C@@H]3CC=C4CC(OC(=O)c5ccccc5)CC[C@]4(C)[C@H]3CC[C@]12C. The van der Waals surface area contributed by atoms with Crippen molar-refractivity contribution < 1.29 is 24.2 Å². The van der Waals surface area contributed by atoms with Crippen molar-refractivity contribution >= 4 is 11.9 Å². The molecule has 0 spiro atoms. The molecule has 46 heavy (non-hydrogen) atoms. The molecule has 1 N–H and O–H groups in total. The van der Waals surface area contributed by atoms with Crippen molar-refractivity contribution in [1.29, 1.82) is 0 Å². The van der Waals surface area contributed by atoms with Gasteiger partial charge in [-0.25, -0.2) is 9.59 Å². The van der Waals surface area contributed by atoms with E-state index in [2.05, 4.69) is 26.8 Å². The van der Waals surface area contributed by atoms with Crippen molar-refractivity contribution in [2.24, 2.45) is 40.4 Å². The summed E-state index contributed by atoms with van der Waals surface area (Å²) in [6.45, 7) is 11.0. The van der Waals surface area contributed by atoms with Crippen molar-refractivity contribution in [3.63, 3.8) is 0 Å². The molecule has 0 saturated heterocycles. The minimum Gasteiger partial charge on any atom is -0.458 e. The van der Waals surface area contributed by atoms with Crippen LogP contribution in [0.15, 0.2) is 72.3 Å². The topological polar surface area (TPSA) is 72.8 Å². The van der Waals surface area contributed by atoms with Gasteiger partial charge in [-0.3, -0.25) is 0 Å². The van der Waals surface area contributed by atoms with Crippen molar-refractivity contribution in [2.45, 2.75) is 117 Å². The molecule has 0 aliphatic heterocycles. The van der Waals surface area contributed by atoms with Crippen LogP contribution in [0.25, 0.3) is 0 Å². The van der Waals surface area contributed by atoms with Crippen LogP contribution in [0.2, 0.25) is 0 Å². The first kappa shape index (κ1) is 33.0. The molecule has 4 aliphatic rings. The second kappa shape index (κ2) is 12.9. The Morgan fingerprint density at radius 2 is 1.52 bits per heavy atom. The number of ether oxygens (including phenoxy) is 2. The van der Waals surface area contributed by atoms with Gasteiger partial charge in [0.2, 0.25) is 0 Å². The lowest BCUT2D eigenvalue weighted by Crippen LogP contribution is -2.51. The van der Waals surface area contributed by atoms with Gasteiger partial charge in [-0.05, 0) is 136 Å². The second-order valence-corrected chi connectivity index (χ2v) is 16.1. The molecule has 0 aromatic heterocycles. The number of carbonyl (C=O) groups is 2. The zero-order valence-electron chi connectivity index (χ0n) is 28.5. The summed E-state index contributed by atoms with van der Waals surface area (Å²) in [5.41, 5.74) is 2.09.